The maximum Gasteiger partial charge on any atom is 0.0462 e. The molecule has 2 aromatic carbocycles. The van der Waals surface area contributed by atoms with E-state index in [2.05, 4.69) is 107 Å². The van der Waals surface area contributed by atoms with E-state index < -0.39 is 0 Å². The molecule has 3 aliphatic carbocycles. The summed E-state index contributed by atoms with van der Waals surface area (Å²) in [6.07, 6.45) is 25.7. The molecule has 0 aromatic heterocycles. The van der Waals surface area contributed by atoms with Crippen LogP contribution < -0.4 is 9.80 Å². The summed E-state index contributed by atoms with van der Waals surface area (Å²) >= 11 is 0. The van der Waals surface area contributed by atoms with E-state index in [1.165, 1.54) is 53.4 Å². The van der Waals surface area contributed by atoms with Gasteiger partial charge in [0.15, 0.2) is 0 Å². The second-order valence-corrected chi connectivity index (χ2v) is 8.68. The zero-order valence-corrected chi connectivity index (χ0v) is 18.8. The Balaban J connectivity index is 1.51. The van der Waals surface area contributed by atoms with Crippen molar-refractivity contribution in [2.45, 2.75) is 51.4 Å². The van der Waals surface area contributed by atoms with E-state index in [1.807, 2.05) is 0 Å². The molecule has 0 heterocycles. The molecule has 3 aliphatic rings. The lowest BCUT2D eigenvalue weighted by Crippen LogP contribution is -2.23. The summed E-state index contributed by atoms with van der Waals surface area (Å²) in [6, 6.07) is 19.8. The molecule has 0 saturated carbocycles. The van der Waals surface area contributed by atoms with Gasteiger partial charge in [0.25, 0.3) is 0 Å². The summed E-state index contributed by atoms with van der Waals surface area (Å²) in [7, 11) is 0. The summed E-state index contributed by atoms with van der Waals surface area (Å²) in [5.74, 6) is 0. The van der Waals surface area contributed by atoms with Gasteiger partial charge >= 0.3 is 0 Å². The maximum atomic E-state index is 2.48. The highest BCUT2D eigenvalue weighted by atomic mass is 15.2. The Bertz CT molecular complexity index is 1070. The zero-order valence-electron chi connectivity index (χ0n) is 18.8. The van der Waals surface area contributed by atoms with Crippen LogP contribution in [-0.2, 0) is 0 Å². The minimum absolute atomic E-state index is 1.09. The topological polar surface area (TPSA) is 6.48 Å². The first-order chi connectivity index (χ1) is 15.9. The van der Waals surface area contributed by atoms with Gasteiger partial charge < -0.3 is 9.80 Å². The number of benzene rings is 2. The third-order valence-electron chi connectivity index (χ3n) is 6.40. The monoisotopic (exact) mass is 420 g/mol. The van der Waals surface area contributed by atoms with E-state index in [-0.39, 0.29) is 0 Å². The van der Waals surface area contributed by atoms with Gasteiger partial charge in [-0.1, -0.05) is 48.6 Å². The summed E-state index contributed by atoms with van der Waals surface area (Å²) in [5.41, 5.74) is 7.65. The smallest absolute Gasteiger partial charge is 0.0462 e. The molecule has 0 amide bonds. The first-order valence-electron chi connectivity index (χ1n) is 12.1. The first kappa shape index (κ1) is 20.6. The van der Waals surface area contributed by atoms with Gasteiger partial charge in [0.2, 0.25) is 0 Å². The first-order valence-corrected chi connectivity index (χ1v) is 12.1. The molecule has 0 N–H and O–H groups in total. The number of anilines is 3. The molecule has 2 nitrogen and oxygen atoms in total. The number of allylic oxidation sites excluding steroid dienone is 8. The third kappa shape index (κ3) is 4.50. The van der Waals surface area contributed by atoms with Crippen molar-refractivity contribution in [3.63, 3.8) is 0 Å². The zero-order chi connectivity index (χ0) is 21.6. The molecule has 0 unspecified atom stereocenters. The summed E-state index contributed by atoms with van der Waals surface area (Å²) in [5, 5.41) is 0. The standard InChI is InChI=1S/C30H32N2/c1-5-13-25(14-6-1)31(26-15-7-2-8-16-26)29-21-23-30(24-22-29)32(27-17-9-3-10-18-27)28-19-11-4-12-20-28/h1,5-7,9,13-19,21-24H,2-4,8,10-12,20H2. The number of hydrogen-bond acceptors (Lipinski definition) is 2. The molecule has 162 valence electrons. The van der Waals surface area contributed by atoms with Crippen LogP contribution in [0.4, 0.5) is 17.1 Å². The van der Waals surface area contributed by atoms with Crippen molar-refractivity contribution >= 4 is 17.1 Å². The third-order valence-corrected chi connectivity index (χ3v) is 6.40. The van der Waals surface area contributed by atoms with E-state index in [0.717, 1.165) is 32.1 Å². The van der Waals surface area contributed by atoms with E-state index in [1.54, 1.807) is 0 Å². The Hall–Kier alpha value is -3.26. The predicted octanol–water partition coefficient (Wildman–Crippen LogP) is 8.56. The molecule has 0 fully saturated rings. The van der Waals surface area contributed by atoms with Crippen LogP contribution in [0.25, 0.3) is 0 Å². The largest absolute Gasteiger partial charge is 0.315 e. The van der Waals surface area contributed by atoms with Gasteiger partial charge in [-0.15, -0.1) is 0 Å². The van der Waals surface area contributed by atoms with Gasteiger partial charge in [0.05, 0.1) is 0 Å². The molecular weight excluding hydrogens is 388 g/mol. The predicted molar refractivity (Wildman–Crippen MR) is 137 cm³/mol. The minimum atomic E-state index is 1.09. The van der Waals surface area contributed by atoms with E-state index >= 15 is 0 Å². The fraction of sp³-hybridized carbons (Fsp3) is 0.267. The van der Waals surface area contributed by atoms with Crippen molar-refractivity contribution in [3.8, 4) is 0 Å². The Morgan fingerprint density at radius 1 is 0.500 bits per heavy atom. The molecule has 2 heteroatoms. The fourth-order valence-electron chi connectivity index (χ4n) is 4.81. The maximum absolute atomic E-state index is 2.48. The lowest BCUT2D eigenvalue weighted by atomic mass is 10.0. The van der Waals surface area contributed by atoms with E-state index in [9.17, 15) is 0 Å². The average Bonchev–Trinajstić information content (AvgIpc) is 2.88. The lowest BCUT2D eigenvalue weighted by molar-refractivity contribution is 0.686. The summed E-state index contributed by atoms with van der Waals surface area (Å²) in [6.45, 7) is 0. The molecular formula is C30H32N2. The van der Waals surface area contributed by atoms with Crippen LogP contribution in [0, 0.1) is 0 Å². The fourth-order valence-corrected chi connectivity index (χ4v) is 4.81. The van der Waals surface area contributed by atoms with Crippen molar-refractivity contribution in [1.29, 1.82) is 0 Å². The van der Waals surface area contributed by atoms with Gasteiger partial charge in [-0.05, 0) is 99.9 Å². The van der Waals surface area contributed by atoms with Crippen LogP contribution in [0.2, 0.25) is 0 Å². The van der Waals surface area contributed by atoms with Crippen LogP contribution in [0.3, 0.4) is 0 Å². The van der Waals surface area contributed by atoms with Gasteiger partial charge in [0, 0.05) is 34.2 Å². The summed E-state index contributed by atoms with van der Waals surface area (Å²) in [4.78, 5) is 4.84. The van der Waals surface area contributed by atoms with E-state index in [0.29, 0.717) is 0 Å². The van der Waals surface area contributed by atoms with Gasteiger partial charge in [-0.3, -0.25) is 0 Å². The van der Waals surface area contributed by atoms with Crippen molar-refractivity contribution in [3.05, 3.63) is 114 Å². The SMILES string of the molecule is C1=CC(N(C2=CCCCC2)c2ccc(N(C3=CCCC=C3)c3ccccc3)cc2)=CCC1. The normalized spacial score (nSPS) is 17.9. The molecule has 0 saturated heterocycles. The molecule has 0 spiro atoms. The molecule has 0 atom stereocenters. The quantitative estimate of drug-likeness (QED) is 0.462. The number of rotatable bonds is 6. The van der Waals surface area contributed by atoms with Gasteiger partial charge in [-0.2, -0.15) is 0 Å². The highest BCUT2D eigenvalue weighted by Gasteiger charge is 2.19. The Kier molecular flexibility index (Phi) is 6.39. The molecule has 2 aromatic rings. The van der Waals surface area contributed by atoms with Crippen molar-refractivity contribution in [2.75, 3.05) is 9.80 Å². The van der Waals surface area contributed by atoms with Gasteiger partial charge in [0.1, 0.15) is 0 Å². The molecule has 5 rings (SSSR count). The van der Waals surface area contributed by atoms with Crippen LogP contribution >= 0.6 is 0 Å². The molecule has 32 heavy (non-hydrogen) atoms. The molecule has 0 bridgehead atoms. The van der Waals surface area contributed by atoms with E-state index in [4.69, 9.17) is 0 Å². The van der Waals surface area contributed by atoms with Crippen LogP contribution in [0.1, 0.15) is 51.4 Å². The summed E-state index contributed by atoms with van der Waals surface area (Å²) < 4.78 is 0. The highest BCUT2D eigenvalue weighted by molar-refractivity contribution is 5.73. The number of nitrogens with zero attached hydrogens (tertiary/aromatic N) is 2. The molecule has 0 aliphatic heterocycles. The Morgan fingerprint density at radius 3 is 1.66 bits per heavy atom. The Morgan fingerprint density at radius 2 is 1.09 bits per heavy atom. The van der Waals surface area contributed by atoms with Crippen LogP contribution in [0.5, 0.6) is 0 Å². The van der Waals surface area contributed by atoms with Crippen molar-refractivity contribution in [1.82, 2.24) is 0 Å². The van der Waals surface area contributed by atoms with Crippen molar-refractivity contribution in [2.24, 2.45) is 0 Å². The van der Waals surface area contributed by atoms with Crippen molar-refractivity contribution < 1.29 is 0 Å². The second-order valence-electron chi connectivity index (χ2n) is 8.68. The Labute approximate surface area is 192 Å². The minimum Gasteiger partial charge on any atom is -0.315 e. The lowest BCUT2D eigenvalue weighted by Gasteiger charge is -2.32. The second kappa shape index (κ2) is 9.91. The number of para-hydroxylation sites is 1. The highest BCUT2D eigenvalue weighted by Crippen LogP contribution is 2.36. The van der Waals surface area contributed by atoms with Crippen LogP contribution in [-0.4, -0.2) is 0 Å². The van der Waals surface area contributed by atoms with Crippen LogP contribution in [0.15, 0.2) is 114 Å². The van der Waals surface area contributed by atoms with Gasteiger partial charge in [-0.25, -0.2) is 0 Å². The number of hydrogen-bond donors (Lipinski definition) is 0. The molecule has 0 radical (unpaired) electrons. The average molecular weight is 421 g/mol.